The van der Waals surface area contributed by atoms with Gasteiger partial charge in [0, 0.05) is 17.4 Å². The zero-order valence-electron chi connectivity index (χ0n) is 15.8. The number of Topliss-reactive ketones (excluding diaryl/α,β-unsaturated/α-hetero) is 1. The van der Waals surface area contributed by atoms with Crippen LogP contribution in [0.3, 0.4) is 0 Å². The van der Waals surface area contributed by atoms with Gasteiger partial charge in [-0.2, -0.15) is 0 Å². The number of fused-ring (bicyclic) bond motifs is 5. The Balaban J connectivity index is 1.77. The van der Waals surface area contributed by atoms with E-state index in [0.717, 1.165) is 12.0 Å². The van der Waals surface area contributed by atoms with Crippen molar-refractivity contribution in [1.82, 2.24) is 0 Å². The van der Waals surface area contributed by atoms with E-state index < -0.39 is 34.9 Å². The molecule has 4 N–H and O–H groups in total. The molecule has 4 rings (SSSR count). The summed E-state index contributed by atoms with van der Waals surface area (Å²) in [6, 6.07) is 0. The van der Waals surface area contributed by atoms with Gasteiger partial charge in [-0.05, 0) is 56.9 Å². The predicted octanol–water partition coefficient (Wildman–Crippen LogP) is 1.44. The molecule has 0 saturated heterocycles. The third kappa shape index (κ3) is 2.18. The second-order valence-electron chi connectivity index (χ2n) is 9.31. The van der Waals surface area contributed by atoms with Crippen LogP contribution >= 0.6 is 0 Å². The molecular formula is C21H28O6. The topological polar surface area (TPSA) is 115 Å². The van der Waals surface area contributed by atoms with Gasteiger partial charge in [-0.25, -0.2) is 0 Å². The molecule has 7 atom stereocenters. The van der Waals surface area contributed by atoms with Crippen LogP contribution in [-0.2, 0) is 9.59 Å². The number of carbonyl (C=O) groups excluding carboxylic acids is 2. The van der Waals surface area contributed by atoms with Crippen LogP contribution in [-0.4, -0.2) is 50.3 Å². The van der Waals surface area contributed by atoms with E-state index in [-0.39, 0.29) is 42.1 Å². The Hall–Kier alpha value is -1.50. The molecule has 27 heavy (non-hydrogen) atoms. The lowest BCUT2D eigenvalue weighted by molar-refractivity contribution is -0.180. The highest BCUT2D eigenvalue weighted by atomic mass is 16.3. The van der Waals surface area contributed by atoms with Gasteiger partial charge in [0.15, 0.2) is 11.6 Å². The predicted molar refractivity (Wildman–Crippen MR) is 96.6 cm³/mol. The van der Waals surface area contributed by atoms with Crippen LogP contribution in [0.25, 0.3) is 0 Å². The Kier molecular flexibility index (Phi) is 4.01. The Morgan fingerprint density at radius 2 is 1.96 bits per heavy atom. The quantitative estimate of drug-likeness (QED) is 0.580. The van der Waals surface area contributed by atoms with E-state index in [2.05, 4.69) is 0 Å². The molecule has 6 nitrogen and oxygen atoms in total. The van der Waals surface area contributed by atoms with Gasteiger partial charge in [-0.1, -0.05) is 12.5 Å². The highest BCUT2D eigenvalue weighted by Crippen LogP contribution is 2.67. The summed E-state index contributed by atoms with van der Waals surface area (Å²) in [6.45, 7) is 3.03. The number of aliphatic hydroxyl groups is 4. The van der Waals surface area contributed by atoms with E-state index in [1.807, 2.05) is 13.8 Å². The summed E-state index contributed by atoms with van der Waals surface area (Å²) in [5.41, 5.74) is -2.37. The van der Waals surface area contributed by atoms with Crippen LogP contribution in [0.15, 0.2) is 23.5 Å². The van der Waals surface area contributed by atoms with Crippen LogP contribution in [0.2, 0.25) is 0 Å². The molecule has 0 aromatic carbocycles. The molecule has 0 heterocycles. The summed E-state index contributed by atoms with van der Waals surface area (Å²) in [5.74, 6) is -1.04. The maximum Gasteiger partial charge on any atom is 0.190 e. The summed E-state index contributed by atoms with van der Waals surface area (Å²) >= 11 is 0. The van der Waals surface area contributed by atoms with Crippen LogP contribution in [0.5, 0.6) is 0 Å². The zero-order chi connectivity index (χ0) is 19.8. The zero-order valence-corrected chi connectivity index (χ0v) is 15.8. The normalized spacial score (nSPS) is 48.9. The molecule has 0 radical (unpaired) electrons. The number of allylic oxidation sites excluding steroid dienone is 3. The minimum absolute atomic E-state index is 0.00189. The molecule has 0 unspecified atom stereocenters. The molecule has 0 spiro atoms. The standard InChI is InChI=1S/C21H28O6/c1-19-9-15(24)18-13(14(19)5-6-21(19,27)17(26)10-22)4-3-11-7-12(23)8-16(25)20(11,18)2/h7-8,13-15,18,22,24-25,27H,3-6,9-10H2,1-2H3/t13-,14-,15-,18+,19-,20+,21-/m0/s1. The fourth-order valence-corrected chi connectivity index (χ4v) is 7.01. The maximum atomic E-state index is 12.4. The molecule has 148 valence electrons. The number of hydrogen-bond acceptors (Lipinski definition) is 6. The van der Waals surface area contributed by atoms with Crippen LogP contribution in [0.1, 0.15) is 46.0 Å². The largest absolute Gasteiger partial charge is 0.511 e. The molecule has 0 aromatic heterocycles. The monoisotopic (exact) mass is 376 g/mol. The van der Waals surface area contributed by atoms with Crippen molar-refractivity contribution < 1.29 is 30.0 Å². The van der Waals surface area contributed by atoms with Crippen LogP contribution in [0.4, 0.5) is 0 Å². The highest BCUT2D eigenvalue weighted by Gasteiger charge is 2.68. The summed E-state index contributed by atoms with van der Waals surface area (Å²) in [7, 11) is 0. The number of rotatable bonds is 2. The van der Waals surface area contributed by atoms with Gasteiger partial charge in [0.25, 0.3) is 0 Å². The second kappa shape index (κ2) is 5.75. The lowest BCUT2D eigenvalue weighted by Gasteiger charge is -2.59. The number of ketones is 2. The summed E-state index contributed by atoms with van der Waals surface area (Å²) < 4.78 is 0. The van der Waals surface area contributed by atoms with Crippen molar-refractivity contribution in [2.45, 2.75) is 57.7 Å². The van der Waals surface area contributed by atoms with Crippen molar-refractivity contribution in [1.29, 1.82) is 0 Å². The van der Waals surface area contributed by atoms with E-state index in [9.17, 15) is 30.0 Å². The fraction of sp³-hybridized carbons (Fsp3) is 0.714. The molecule has 0 aromatic rings. The average molecular weight is 376 g/mol. The summed E-state index contributed by atoms with van der Waals surface area (Å²) in [4.78, 5) is 24.2. The van der Waals surface area contributed by atoms with Crippen molar-refractivity contribution in [3.05, 3.63) is 23.5 Å². The third-order valence-corrected chi connectivity index (χ3v) is 8.42. The first-order valence-corrected chi connectivity index (χ1v) is 9.80. The van der Waals surface area contributed by atoms with Crippen molar-refractivity contribution in [3.63, 3.8) is 0 Å². The molecule has 0 aliphatic heterocycles. The number of carbonyl (C=O) groups is 2. The van der Waals surface area contributed by atoms with Crippen LogP contribution < -0.4 is 0 Å². The Morgan fingerprint density at radius 3 is 2.63 bits per heavy atom. The first-order valence-electron chi connectivity index (χ1n) is 9.80. The minimum Gasteiger partial charge on any atom is -0.511 e. The SMILES string of the molecule is C[C@]12C(O)=CC(=O)C=C1CC[C@@H]1[C@@H]2[C@@H](O)C[C@@]2(C)[C@H]1CC[C@]2(O)C(=O)CO. The minimum atomic E-state index is -1.63. The Labute approximate surface area is 158 Å². The lowest BCUT2D eigenvalue weighted by Crippen LogP contribution is -2.62. The van der Waals surface area contributed by atoms with E-state index >= 15 is 0 Å². The molecule has 3 saturated carbocycles. The molecule has 4 aliphatic rings. The maximum absolute atomic E-state index is 12.4. The van der Waals surface area contributed by atoms with Crippen molar-refractivity contribution in [2.75, 3.05) is 6.61 Å². The fourth-order valence-electron chi connectivity index (χ4n) is 7.01. The molecule has 4 aliphatic carbocycles. The molecule has 3 fully saturated rings. The van der Waals surface area contributed by atoms with E-state index in [1.165, 1.54) is 6.08 Å². The van der Waals surface area contributed by atoms with Gasteiger partial charge >= 0.3 is 0 Å². The van der Waals surface area contributed by atoms with Crippen molar-refractivity contribution >= 4 is 11.6 Å². The van der Waals surface area contributed by atoms with Gasteiger partial charge in [-0.3, -0.25) is 9.59 Å². The van der Waals surface area contributed by atoms with E-state index in [4.69, 9.17) is 0 Å². The van der Waals surface area contributed by atoms with Gasteiger partial charge in [0.2, 0.25) is 0 Å². The number of hydrogen-bond donors (Lipinski definition) is 4. The summed E-state index contributed by atoms with van der Waals surface area (Å²) in [6.07, 6.45) is 4.54. The Bertz CT molecular complexity index is 769. The van der Waals surface area contributed by atoms with Gasteiger partial charge in [0.05, 0.1) is 11.5 Å². The van der Waals surface area contributed by atoms with E-state index in [1.54, 1.807) is 6.08 Å². The molecule has 6 heteroatoms. The van der Waals surface area contributed by atoms with Gasteiger partial charge in [-0.15, -0.1) is 0 Å². The van der Waals surface area contributed by atoms with E-state index in [0.29, 0.717) is 12.8 Å². The van der Waals surface area contributed by atoms with Gasteiger partial charge in [0.1, 0.15) is 18.0 Å². The molecular weight excluding hydrogens is 348 g/mol. The Morgan fingerprint density at radius 1 is 1.26 bits per heavy atom. The van der Waals surface area contributed by atoms with Crippen molar-refractivity contribution in [2.24, 2.45) is 28.6 Å². The third-order valence-electron chi connectivity index (χ3n) is 8.42. The highest BCUT2D eigenvalue weighted by molar-refractivity contribution is 6.01. The summed E-state index contributed by atoms with van der Waals surface area (Å²) in [5, 5.41) is 42.4. The first-order chi connectivity index (χ1) is 12.6. The van der Waals surface area contributed by atoms with Crippen LogP contribution in [0, 0.1) is 28.6 Å². The average Bonchev–Trinajstić information content (AvgIpc) is 2.87. The smallest absolute Gasteiger partial charge is 0.190 e. The van der Waals surface area contributed by atoms with Gasteiger partial charge < -0.3 is 20.4 Å². The van der Waals surface area contributed by atoms with Crippen molar-refractivity contribution in [3.8, 4) is 0 Å². The number of aliphatic hydroxyl groups excluding tert-OH is 3. The molecule has 0 amide bonds. The first kappa shape index (κ1) is 18.8. The molecule has 0 bridgehead atoms. The lowest BCUT2D eigenvalue weighted by atomic mass is 9.46. The second-order valence-corrected chi connectivity index (χ2v) is 9.31.